The Labute approximate surface area is 129 Å². The van der Waals surface area contributed by atoms with E-state index < -0.39 is 0 Å². The number of thioether (sulfide) groups is 1. The van der Waals surface area contributed by atoms with Gasteiger partial charge in [-0.05, 0) is 36.0 Å². The van der Waals surface area contributed by atoms with Crippen LogP contribution < -0.4 is 5.01 Å². The Morgan fingerprint density at radius 1 is 1.14 bits per heavy atom. The highest BCUT2D eigenvalue weighted by atomic mass is 32.2. The van der Waals surface area contributed by atoms with Gasteiger partial charge in [0.25, 0.3) is 0 Å². The number of imidazole rings is 1. The Hall–Kier alpha value is -2.48. The molecule has 0 bridgehead atoms. The number of hydrogen-bond donors (Lipinski definition) is 0. The molecule has 0 fully saturated rings. The lowest BCUT2D eigenvalue weighted by molar-refractivity contribution is -0.116. The quantitative estimate of drug-likeness (QED) is 0.810. The van der Waals surface area contributed by atoms with E-state index in [-0.39, 0.29) is 17.6 Å². The molecule has 2 aromatic rings. The normalized spacial score (nSPS) is 13.6. The van der Waals surface area contributed by atoms with Crippen LogP contribution in [0.4, 0.5) is 10.2 Å². The minimum atomic E-state index is -0.358. The van der Waals surface area contributed by atoms with Crippen molar-refractivity contribution in [3.8, 4) is 0 Å². The molecule has 0 unspecified atom stereocenters. The second-order valence-corrected chi connectivity index (χ2v) is 5.58. The van der Waals surface area contributed by atoms with E-state index in [1.54, 1.807) is 12.1 Å². The summed E-state index contributed by atoms with van der Waals surface area (Å²) in [5.74, 6) is -0.582. The summed E-state index contributed by atoms with van der Waals surface area (Å²) in [5, 5.41) is 6.39. The lowest BCUT2D eigenvalue weighted by Gasteiger charge is -2.21. The van der Waals surface area contributed by atoms with Crippen molar-refractivity contribution in [3.05, 3.63) is 42.0 Å². The Morgan fingerprint density at radius 2 is 1.82 bits per heavy atom. The zero-order valence-electron chi connectivity index (χ0n) is 11.8. The lowest BCUT2D eigenvalue weighted by atomic mass is 10.2. The summed E-state index contributed by atoms with van der Waals surface area (Å²) < 4.78 is 14.4. The first kappa shape index (κ1) is 14.5. The SMILES string of the molecule is CC(=O)N1N=C(c2ccc(F)cc2)Sc2c1ncn2C(C)=O. The van der Waals surface area contributed by atoms with Gasteiger partial charge in [-0.3, -0.25) is 14.2 Å². The summed E-state index contributed by atoms with van der Waals surface area (Å²) in [5.41, 5.74) is 0.652. The third-order valence-corrected chi connectivity index (χ3v) is 4.10. The third kappa shape index (κ3) is 2.41. The van der Waals surface area contributed by atoms with Crippen LogP contribution in [0.15, 0.2) is 40.7 Å². The van der Waals surface area contributed by atoms with Gasteiger partial charge in [-0.15, -0.1) is 0 Å². The average molecular weight is 318 g/mol. The van der Waals surface area contributed by atoms with Crippen LogP contribution in [0, 0.1) is 5.82 Å². The first-order valence-electron chi connectivity index (χ1n) is 6.38. The number of fused-ring (bicyclic) bond motifs is 1. The van der Waals surface area contributed by atoms with E-state index in [1.165, 1.54) is 48.6 Å². The van der Waals surface area contributed by atoms with E-state index in [4.69, 9.17) is 0 Å². The maximum Gasteiger partial charge on any atom is 0.245 e. The molecule has 0 atom stereocenters. The molecule has 3 rings (SSSR count). The average Bonchev–Trinajstić information content (AvgIpc) is 2.90. The van der Waals surface area contributed by atoms with Crippen LogP contribution in [-0.2, 0) is 4.79 Å². The molecule has 22 heavy (non-hydrogen) atoms. The van der Waals surface area contributed by atoms with Crippen molar-refractivity contribution in [2.75, 3.05) is 5.01 Å². The second-order valence-electron chi connectivity index (χ2n) is 4.61. The fourth-order valence-electron chi connectivity index (χ4n) is 1.97. The smallest absolute Gasteiger partial charge is 0.245 e. The first-order chi connectivity index (χ1) is 10.5. The highest BCUT2D eigenvalue weighted by Crippen LogP contribution is 2.37. The number of aromatic nitrogens is 2. The number of benzene rings is 1. The van der Waals surface area contributed by atoms with Gasteiger partial charge in [0.2, 0.25) is 11.8 Å². The molecular weight excluding hydrogens is 307 g/mol. The molecule has 8 heteroatoms. The molecular formula is C14H11FN4O2S. The number of carbonyl (C=O) groups excluding carboxylic acids is 2. The number of amides is 1. The number of rotatable bonds is 1. The van der Waals surface area contributed by atoms with E-state index in [2.05, 4.69) is 10.1 Å². The van der Waals surface area contributed by atoms with Gasteiger partial charge in [0.15, 0.2) is 5.82 Å². The molecule has 6 nitrogen and oxygen atoms in total. The van der Waals surface area contributed by atoms with Crippen molar-refractivity contribution in [3.63, 3.8) is 0 Å². The summed E-state index contributed by atoms with van der Waals surface area (Å²) >= 11 is 1.21. The molecule has 1 aromatic carbocycles. The number of hydrazone groups is 1. The molecule has 2 heterocycles. The van der Waals surface area contributed by atoms with E-state index >= 15 is 0 Å². The van der Waals surface area contributed by atoms with Crippen LogP contribution in [0.5, 0.6) is 0 Å². The van der Waals surface area contributed by atoms with Gasteiger partial charge in [-0.25, -0.2) is 9.37 Å². The summed E-state index contributed by atoms with van der Waals surface area (Å²) in [4.78, 5) is 27.5. The fraction of sp³-hybridized carbons (Fsp3) is 0.143. The van der Waals surface area contributed by atoms with E-state index in [0.29, 0.717) is 21.5 Å². The van der Waals surface area contributed by atoms with Crippen LogP contribution in [0.2, 0.25) is 0 Å². The monoisotopic (exact) mass is 318 g/mol. The van der Waals surface area contributed by atoms with Crippen molar-refractivity contribution in [1.82, 2.24) is 9.55 Å². The standard InChI is InChI=1S/C14H11FN4O2S/c1-8(20)18-7-16-12-14(18)22-13(17-19(12)9(2)21)10-3-5-11(15)6-4-10/h3-7H,1-2H3. The summed E-state index contributed by atoms with van der Waals surface area (Å²) in [7, 11) is 0. The number of hydrogen-bond acceptors (Lipinski definition) is 5. The fourth-order valence-corrected chi connectivity index (χ4v) is 3.04. The van der Waals surface area contributed by atoms with Crippen molar-refractivity contribution in [2.45, 2.75) is 18.9 Å². The Kier molecular flexibility index (Phi) is 3.53. The molecule has 1 aliphatic rings. The van der Waals surface area contributed by atoms with Crippen LogP contribution in [0.25, 0.3) is 0 Å². The van der Waals surface area contributed by atoms with Gasteiger partial charge in [-0.2, -0.15) is 10.1 Å². The van der Waals surface area contributed by atoms with Gasteiger partial charge in [0.1, 0.15) is 22.2 Å². The zero-order chi connectivity index (χ0) is 15.9. The molecule has 1 amide bonds. The van der Waals surface area contributed by atoms with E-state index in [1.807, 2.05) is 0 Å². The molecule has 0 spiro atoms. The minimum absolute atomic E-state index is 0.217. The van der Waals surface area contributed by atoms with Gasteiger partial charge in [-0.1, -0.05) is 0 Å². The number of carbonyl (C=O) groups is 2. The predicted octanol–water partition coefficient (Wildman–Crippen LogP) is 2.50. The van der Waals surface area contributed by atoms with Crippen molar-refractivity contribution >= 4 is 34.4 Å². The molecule has 0 saturated heterocycles. The van der Waals surface area contributed by atoms with Gasteiger partial charge < -0.3 is 0 Å². The van der Waals surface area contributed by atoms with Gasteiger partial charge >= 0.3 is 0 Å². The highest BCUT2D eigenvalue weighted by molar-refractivity contribution is 8.14. The predicted molar refractivity (Wildman–Crippen MR) is 80.5 cm³/mol. The minimum Gasteiger partial charge on any atom is -0.274 e. The Morgan fingerprint density at radius 3 is 2.41 bits per heavy atom. The van der Waals surface area contributed by atoms with E-state index in [9.17, 15) is 14.0 Å². The van der Waals surface area contributed by atoms with Crippen molar-refractivity contribution in [2.24, 2.45) is 5.10 Å². The maximum absolute atomic E-state index is 13.0. The number of nitrogens with zero attached hydrogens (tertiary/aromatic N) is 4. The molecule has 1 aromatic heterocycles. The van der Waals surface area contributed by atoms with Crippen molar-refractivity contribution < 1.29 is 14.0 Å². The van der Waals surface area contributed by atoms with Gasteiger partial charge in [0, 0.05) is 19.4 Å². The van der Waals surface area contributed by atoms with Crippen LogP contribution >= 0.6 is 11.8 Å². The molecule has 112 valence electrons. The zero-order valence-corrected chi connectivity index (χ0v) is 12.6. The number of anilines is 1. The Bertz CT molecular complexity index is 798. The maximum atomic E-state index is 13.0. The summed E-state index contributed by atoms with van der Waals surface area (Å²) in [6, 6.07) is 5.76. The summed E-state index contributed by atoms with van der Waals surface area (Å²) in [6.07, 6.45) is 1.36. The van der Waals surface area contributed by atoms with Gasteiger partial charge in [0.05, 0.1) is 0 Å². The highest BCUT2D eigenvalue weighted by Gasteiger charge is 2.29. The van der Waals surface area contributed by atoms with Crippen LogP contribution in [0.3, 0.4) is 0 Å². The number of halogens is 1. The molecule has 0 aliphatic carbocycles. The second kappa shape index (κ2) is 5.38. The molecule has 1 aliphatic heterocycles. The molecule has 0 N–H and O–H groups in total. The largest absolute Gasteiger partial charge is 0.274 e. The lowest BCUT2D eigenvalue weighted by Crippen LogP contribution is -2.28. The molecule has 0 saturated carbocycles. The Balaban J connectivity index is 2.10. The summed E-state index contributed by atoms with van der Waals surface area (Å²) in [6.45, 7) is 2.77. The first-order valence-corrected chi connectivity index (χ1v) is 7.20. The van der Waals surface area contributed by atoms with Crippen LogP contribution in [-0.4, -0.2) is 26.4 Å². The van der Waals surface area contributed by atoms with E-state index in [0.717, 1.165) is 5.01 Å². The third-order valence-electron chi connectivity index (χ3n) is 3.02. The molecule has 0 radical (unpaired) electrons. The van der Waals surface area contributed by atoms with Crippen molar-refractivity contribution in [1.29, 1.82) is 0 Å². The topological polar surface area (TPSA) is 67.6 Å². The van der Waals surface area contributed by atoms with Crippen LogP contribution in [0.1, 0.15) is 24.2 Å².